The third kappa shape index (κ3) is 7.69. The number of nitrogens with zero attached hydrogens (tertiary/aromatic N) is 1. The topological polar surface area (TPSA) is 65.5 Å². The van der Waals surface area contributed by atoms with Gasteiger partial charge in [0.1, 0.15) is 6.00 Å². The van der Waals surface area contributed by atoms with Crippen LogP contribution in [0.15, 0.2) is 41.2 Å². The fourth-order valence-electron chi connectivity index (χ4n) is 1.56. The summed E-state index contributed by atoms with van der Waals surface area (Å²) >= 11 is 5.10. The molecule has 0 aliphatic heterocycles. The summed E-state index contributed by atoms with van der Waals surface area (Å²) < 4.78 is 0. The lowest BCUT2D eigenvalue weighted by atomic mass is 10.1. The second-order valence-corrected chi connectivity index (χ2v) is 4.33. The molecule has 3 N–H and O–H groups in total. The van der Waals surface area contributed by atoms with Crippen LogP contribution in [-0.4, -0.2) is 32.2 Å². The standard InChI is InChI=1S/C13H19N3O.C3H6ClN/c1-4-7-12(14-2)16-11-9-6-5-8-10(11)13(17)15-3;1-2-5-3-4/h5-9,14,16H,4H2,1-3H3,(H,15,17);2H,3H2,1H3/b12-7-;5-2-. The Morgan fingerprint density at radius 3 is 2.41 bits per heavy atom. The van der Waals surface area contributed by atoms with Crippen molar-refractivity contribution in [3.63, 3.8) is 0 Å². The van der Waals surface area contributed by atoms with Gasteiger partial charge in [0.2, 0.25) is 0 Å². The molecule has 5 nitrogen and oxygen atoms in total. The van der Waals surface area contributed by atoms with Gasteiger partial charge in [-0.2, -0.15) is 0 Å². The highest BCUT2D eigenvalue weighted by molar-refractivity contribution is 6.18. The van der Waals surface area contributed by atoms with Crippen LogP contribution in [0.5, 0.6) is 0 Å². The molecule has 0 heterocycles. The van der Waals surface area contributed by atoms with Gasteiger partial charge in [0.25, 0.3) is 5.91 Å². The van der Waals surface area contributed by atoms with Crippen LogP contribution in [0, 0.1) is 0 Å². The average Bonchev–Trinajstić information content (AvgIpc) is 2.55. The molecule has 0 atom stereocenters. The quantitative estimate of drug-likeness (QED) is 0.428. The summed E-state index contributed by atoms with van der Waals surface area (Å²) in [5.74, 6) is 0.795. The number of carbonyl (C=O) groups excluding carboxylic acids is 1. The molecular weight excluding hydrogens is 300 g/mol. The molecular formula is C16H25ClN4O. The van der Waals surface area contributed by atoms with Gasteiger partial charge in [-0.1, -0.05) is 19.1 Å². The maximum Gasteiger partial charge on any atom is 0.253 e. The van der Waals surface area contributed by atoms with Gasteiger partial charge in [-0.15, -0.1) is 11.6 Å². The molecule has 0 radical (unpaired) electrons. The number of hydrogen-bond donors (Lipinski definition) is 3. The zero-order valence-electron chi connectivity index (χ0n) is 13.6. The maximum absolute atomic E-state index is 11.7. The van der Waals surface area contributed by atoms with E-state index in [-0.39, 0.29) is 5.91 Å². The molecule has 1 amide bonds. The van der Waals surface area contributed by atoms with Crippen LogP contribution in [0.25, 0.3) is 0 Å². The lowest BCUT2D eigenvalue weighted by molar-refractivity contribution is 0.0964. The van der Waals surface area contributed by atoms with E-state index in [9.17, 15) is 4.79 Å². The number of halogens is 1. The summed E-state index contributed by atoms with van der Waals surface area (Å²) in [7, 11) is 3.47. The van der Waals surface area contributed by atoms with E-state index in [0.29, 0.717) is 11.6 Å². The molecule has 0 aromatic heterocycles. The number of nitrogens with one attached hydrogen (secondary N) is 3. The fraction of sp³-hybridized carbons (Fsp3) is 0.375. The van der Waals surface area contributed by atoms with E-state index in [1.54, 1.807) is 19.3 Å². The monoisotopic (exact) mass is 324 g/mol. The van der Waals surface area contributed by atoms with Crippen LogP contribution in [0.2, 0.25) is 0 Å². The van der Waals surface area contributed by atoms with Crippen molar-refractivity contribution >= 4 is 29.4 Å². The molecule has 1 aromatic rings. The Bertz CT molecular complexity index is 501. The van der Waals surface area contributed by atoms with E-state index in [1.807, 2.05) is 38.2 Å². The highest BCUT2D eigenvalue weighted by Gasteiger charge is 2.09. The van der Waals surface area contributed by atoms with Crippen LogP contribution in [0.4, 0.5) is 5.69 Å². The first-order chi connectivity index (χ1) is 10.6. The molecule has 0 aliphatic rings. The molecule has 22 heavy (non-hydrogen) atoms. The minimum absolute atomic E-state index is 0.0972. The van der Waals surface area contributed by atoms with Crippen LogP contribution < -0.4 is 16.0 Å². The summed E-state index contributed by atoms with van der Waals surface area (Å²) in [4.78, 5) is 15.3. The summed E-state index contributed by atoms with van der Waals surface area (Å²) in [6.45, 7) is 3.89. The number of anilines is 1. The van der Waals surface area contributed by atoms with Gasteiger partial charge in [-0.05, 0) is 37.8 Å². The second-order valence-electron chi connectivity index (χ2n) is 4.09. The van der Waals surface area contributed by atoms with E-state index < -0.39 is 0 Å². The number of allylic oxidation sites excluding steroid dienone is 1. The lowest BCUT2D eigenvalue weighted by Crippen LogP contribution is -2.21. The second kappa shape index (κ2) is 12.7. The van der Waals surface area contributed by atoms with E-state index in [2.05, 4.69) is 27.9 Å². The van der Waals surface area contributed by atoms with E-state index in [0.717, 1.165) is 17.9 Å². The van der Waals surface area contributed by atoms with Gasteiger partial charge in [-0.3, -0.25) is 9.79 Å². The number of carbonyl (C=O) groups is 1. The highest BCUT2D eigenvalue weighted by Crippen LogP contribution is 2.16. The first-order valence-corrected chi connectivity index (χ1v) is 7.64. The maximum atomic E-state index is 11.7. The third-order valence-electron chi connectivity index (χ3n) is 2.60. The van der Waals surface area contributed by atoms with Crippen LogP contribution in [-0.2, 0) is 0 Å². The summed E-state index contributed by atoms with van der Waals surface area (Å²) in [5.41, 5.74) is 1.42. The zero-order chi connectivity index (χ0) is 16.8. The van der Waals surface area contributed by atoms with Crippen LogP contribution >= 0.6 is 11.6 Å². The van der Waals surface area contributed by atoms with Crippen molar-refractivity contribution in [3.8, 4) is 0 Å². The van der Waals surface area contributed by atoms with Crippen molar-refractivity contribution in [1.29, 1.82) is 0 Å². The van der Waals surface area contributed by atoms with Crippen molar-refractivity contribution in [1.82, 2.24) is 10.6 Å². The Kier molecular flexibility index (Phi) is 11.5. The van der Waals surface area contributed by atoms with Crippen molar-refractivity contribution in [2.24, 2.45) is 4.99 Å². The first kappa shape index (κ1) is 20.0. The molecule has 0 saturated carbocycles. The zero-order valence-corrected chi connectivity index (χ0v) is 14.4. The molecule has 122 valence electrons. The summed E-state index contributed by atoms with van der Waals surface area (Å²) in [5, 5.41) is 8.88. The molecule has 1 aromatic carbocycles. The molecule has 0 unspecified atom stereocenters. The Morgan fingerprint density at radius 1 is 1.27 bits per heavy atom. The Hall–Kier alpha value is -2.01. The summed E-state index contributed by atoms with van der Waals surface area (Å²) in [6.07, 6.45) is 4.62. The number of benzene rings is 1. The van der Waals surface area contributed by atoms with Gasteiger partial charge < -0.3 is 16.0 Å². The largest absolute Gasteiger partial charge is 0.375 e. The minimum Gasteiger partial charge on any atom is -0.375 e. The number of aliphatic imine (C=N–C) groups is 1. The predicted molar refractivity (Wildman–Crippen MR) is 95.8 cm³/mol. The van der Waals surface area contributed by atoms with Crippen LogP contribution in [0.1, 0.15) is 30.6 Å². The third-order valence-corrected chi connectivity index (χ3v) is 2.74. The number of alkyl halides is 1. The number of hydrogen-bond acceptors (Lipinski definition) is 4. The molecule has 0 spiro atoms. The molecule has 0 fully saturated rings. The molecule has 6 heteroatoms. The van der Waals surface area contributed by atoms with Gasteiger partial charge >= 0.3 is 0 Å². The number of amides is 1. The van der Waals surface area contributed by atoms with Gasteiger partial charge in [0.15, 0.2) is 0 Å². The fourth-order valence-corrected chi connectivity index (χ4v) is 1.70. The highest BCUT2D eigenvalue weighted by atomic mass is 35.5. The minimum atomic E-state index is -0.0972. The van der Waals surface area contributed by atoms with Gasteiger partial charge in [0, 0.05) is 14.1 Å². The van der Waals surface area contributed by atoms with Crippen molar-refractivity contribution in [2.75, 3.05) is 25.4 Å². The van der Waals surface area contributed by atoms with Crippen LogP contribution in [0.3, 0.4) is 0 Å². The summed E-state index contributed by atoms with van der Waals surface area (Å²) in [6, 6.07) is 7.80. The Labute approximate surface area is 137 Å². The average molecular weight is 325 g/mol. The van der Waals surface area contributed by atoms with Gasteiger partial charge in [0.05, 0.1) is 17.1 Å². The molecule has 0 aliphatic carbocycles. The Morgan fingerprint density at radius 2 is 1.95 bits per heavy atom. The molecule has 0 saturated heterocycles. The van der Waals surface area contributed by atoms with Crippen molar-refractivity contribution in [2.45, 2.75) is 20.3 Å². The number of rotatable bonds is 6. The molecule has 1 rings (SSSR count). The SMILES string of the molecule is C/C=N\CCl.CC/C=C(/NC)Nc1ccccc1C(=O)NC. The van der Waals surface area contributed by atoms with E-state index in [4.69, 9.17) is 11.6 Å². The Balaban J connectivity index is 0.000000763. The first-order valence-electron chi connectivity index (χ1n) is 7.10. The van der Waals surface area contributed by atoms with E-state index >= 15 is 0 Å². The molecule has 0 bridgehead atoms. The predicted octanol–water partition coefficient (Wildman–Crippen LogP) is 3.20. The number of para-hydroxylation sites is 1. The normalized spacial score (nSPS) is 10.7. The van der Waals surface area contributed by atoms with Crippen molar-refractivity contribution < 1.29 is 4.79 Å². The lowest BCUT2D eigenvalue weighted by Gasteiger charge is -2.13. The van der Waals surface area contributed by atoms with Gasteiger partial charge in [-0.25, -0.2) is 0 Å². The van der Waals surface area contributed by atoms with Crippen molar-refractivity contribution in [3.05, 3.63) is 41.7 Å². The smallest absolute Gasteiger partial charge is 0.253 e. The van der Waals surface area contributed by atoms with E-state index in [1.165, 1.54) is 0 Å².